The zero-order chi connectivity index (χ0) is 19.2. The zero-order valence-electron chi connectivity index (χ0n) is 18.9. The molecule has 1 N–H and O–H groups in total. The minimum Gasteiger partial charge on any atom is -0.394 e. The van der Waals surface area contributed by atoms with Crippen LogP contribution in [-0.4, -0.2) is 36.8 Å². The Morgan fingerprint density at radius 3 is 1.04 bits per heavy atom. The van der Waals surface area contributed by atoms with Crippen LogP contribution in [0.4, 0.5) is 0 Å². The van der Waals surface area contributed by atoms with Crippen molar-refractivity contribution in [3.63, 3.8) is 0 Å². The average molecular weight is 394 g/mol. The van der Waals surface area contributed by atoms with Crippen LogP contribution in [0.2, 0.25) is 0 Å². The average Bonchev–Trinajstić information content (AvgIpc) is 2.53. The fraction of sp³-hybridized carbons (Fsp3) is 1.00. The van der Waals surface area contributed by atoms with Gasteiger partial charge in [0.15, 0.2) is 0 Å². The molecule has 2 nitrogen and oxygen atoms in total. The van der Waals surface area contributed by atoms with Crippen molar-refractivity contribution in [2.75, 3.05) is 20.6 Å². The highest BCUT2D eigenvalue weighted by Gasteiger charge is 1.95. The van der Waals surface area contributed by atoms with E-state index in [2.05, 4.69) is 25.9 Å². The molecule has 0 aliphatic rings. The highest BCUT2D eigenvalue weighted by Crippen LogP contribution is 2.13. The van der Waals surface area contributed by atoms with Gasteiger partial charge in [-0.25, -0.2) is 0 Å². The number of rotatable bonds is 17. The second kappa shape index (κ2) is 27.4. The van der Waals surface area contributed by atoms with Gasteiger partial charge in [-0.2, -0.15) is 0 Å². The predicted octanol–water partition coefficient (Wildman–Crippen LogP) is 7.62. The Bertz CT molecular complexity index is 219. The lowest BCUT2D eigenvalue weighted by atomic mass is 10.0. The third kappa shape index (κ3) is 39.3. The van der Waals surface area contributed by atoms with E-state index < -0.39 is 0 Å². The summed E-state index contributed by atoms with van der Waals surface area (Å²) in [4.78, 5) is 2.30. The number of halogens is 1. The van der Waals surface area contributed by atoms with E-state index in [1.165, 1.54) is 109 Å². The highest BCUT2D eigenvalue weighted by molar-refractivity contribution is 5.85. The maximum atomic E-state index is 8.06. The highest BCUT2D eigenvalue weighted by atomic mass is 35.5. The topological polar surface area (TPSA) is 23.5 Å². The van der Waals surface area contributed by atoms with Crippen molar-refractivity contribution in [2.24, 2.45) is 0 Å². The molecule has 0 aromatic heterocycles. The van der Waals surface area contributed by atoms with Crippen LogP contribution in [-0.2, 0) is 0 Å². The largest absolute Gasteiger partial charge is 0.394 e. The van der Waals surface area contributed by atoms with E-state index in [0.717, 1.165) is 0 Å². The molecule has 0 spiro atoms. The molecule has 0 unspecified atom stereocenters. The molecule has 0 aliphatic carbocycles. The quantitative estimate of drug-likeness (QED) is 0.257. The van der Waals surface area contributed by atoms with Gasteiger partial charge in [-0.1, -0.05) is 103 Å². The van der Waals surface area contributed by atoms with Crippen LogP contribution in [0.1, 0.15) is 124 Å². The zero-order valence-corrected chi connectivity index (χ0v) is 19.7. The molecule has 0 aliphatic heterocycles. The van der Waals surface area contributed by atoms with E-state index in [4.69, 9.17) is 5.11 Å². The standard InChI is InChI=1S/C20H43N.C3H8O.ClH/c1-4-5-6-7-8-9-10-11-12-13-14-15-16-17-18-19-20-21(2)3;1-3(2)4;/h4-20H2,1-3H3;3-4H,1-2H3;1H. The van der Waals surface area contributed by atoms with E-state index in [-0.39, 0.29) is 18.5 Å². The van der Waals surface area contributed by atoms with Gasteiger partial charge in [-0.05, 0) is 40.9 Å². The van der Waals surface area contributed by atoms with Crippen molar-refractivity contribution in [3.8, 4) is 0 Å². The maximum absolute atomic E-state index is 8.06. The summed E-state index contributed by atoms with van der Waals surface area (Å²) in [6, 6.07) is 0. The first-order valence-electron chi connectivity index (χ1n) is 11.3. The molecular weight excluding hydrogens is 342 g/mol. The molecule has 3 heteroatoms. The lowest BCUT2D eigenvalue weighted by molar-refractivity contribution is 0.216. The Hall–Kier alpha value is 0.210. The third-order valence-corrected chi connectivity index (χ3v) is 4.46. The van der Waals surface area contributed by atoms with Gasteiger partial charge < -0.3 is 10.0 Å². The summed E-state index contributed by atoms with van der Waals surface area (Å²) in [5.41, 5.74) is 0. The van der Waals surface area contributed by atoms with Crippen molar-refractivity contribution >= 4 is 12.4 Å². The Morgan fingerprint density at radius 2 is 0.808 bits per heavy atom. The third-order valence-electron chi connectivity index (χ3n) is 4.46. The van der Waals surface area contributed by atoms with Gasteiger partial charge >= 0.3 is 0 Å². The summed E-state index contributed by atoms with van der Waals surface area (Å²) in [5.74, 6) is 0. The van der Waals surface area contributed by atoms with Gasteiger partial charge in [0.2, 0.25) is 0 Å². The summed E-state index contributed by atoms with van der Waals surface area (Å²) < 4.78 is 0. The molecule has 0 radical (unpaired) electrons. The lowest BCUT2D eigenvalue weighted by Gasteiger charge is -2.08. The summed E-state index contributed by atoms with van der Waals surface area (Å²) in [7, 11) is 4.34. The maximum Gasteiger partial charge on any atom is 0.0483 e. The molecule has 0 saturated carbocycles. The molecule has 0 aromatic carbocycles. The Kier molecular flexibility index (Phi) is 32.6. The van der Waals surface area contributed by atoms with Crippen LogP contribution in [0, 0.1) is 0 Å². The predicted molar refractivity (Wildman–Crippen MR) is 123 cm³/mol. The van der Waals surface area contributed by atoms with Gasteiger partial charge in [0.25, 0.3) is 0 Å². The molecule has 26 heavy (non-hydrogen) atoms. The first-order valence-corrected chi connectivity index (χ1v) is 11.3. The van der Waals surface area contributed by atoms with Crippen molar-refractivity contribution in [1.82, 2.24) is 4.90 Å². The molecule has 0 saturated heterocycles. The fourth-order valence-corrected chi connectivity index (χ4v) is 2.98. The Morgan fingerprint density at radius 1 is 0.577 bits per heavy atom. The van der Waals surface area contributed by atoms with Gasteiger partial charge in [0.05, 0.1) is 0 Å². The van der Waals surface area contributed by atoms with Gasteiger partial charge in [0.1, 0.15) is 0 Å². The van der Waals surface area contributed by atoms with E-state index in [1.54, 1.807) is 13.8 Å². The van der Waals surface area contributed by atoms with E-state index >= 15 is 0 Å². The molecule has 0 amide bonds. The summed E-state index contributed by atoms with van der Waals surface area (Å²) >= 11 is 0. The summed E-state index contributed by atoms with van der Waals surface area (Å²) in [6.45, 7) is 7.00. The molecule has 0 heterocycles. The van der Waals surface area contributed by atoms with Crippen LogP contribution >= 0.6 is 12.4 Å². The fourth-order valence-electron chi connectivity index (χ4n) is 2.98. The van der Waals surface area contributed by atoms with E-state index in [0.29, 0.717) is 0 Å². The number of unbranched alkanes of at least 4 members (excludes halogenated alkanes) is 15. The van der Waals surface area contributed by atoms with E-state index in [9.17, 15) is 0 Å². The number of hydrogen-bond acceptors (Lipinski definition) is 2. The monoisotopic (exact) mass is 393 g/mol. The first-order chi connectivity index (χ1) is 12.0. The minimum atomic E-state index is -0.167. The second-order valence-corrected chi connectivity index (χ2v) is 8.20. The van der Waals surface area contributed by atoms with Crippen molar-refractivity contribution in [2.45, 2.75) is 130 Å². The van der Waals surface area contributed by atoms with Gasteiger partial charge in [-0.3, -0.25) is 0 Å². The molecule has 0 bridgehead atoms. The SMILES string of the molecule is CC(C)O.CCCCCCCCCCCCCCCCCCN(C)C.Cl. The number of nitrogens with zero attached hydrogens (tertiary/aromatic N) is 1. The normalized spacial score (nSPS) is 10.6. The molecule has 0 rings (SSSR count). The lowest BCUT2D eigenvalue weighted by Crippen LogP contribution is -2.12. The molecule has 0 aromatic rings. The van der Waals surface area contributed by atoms with Gasteiger partial charge in [-0.15, -0.1) is 12.4 Å². The van der Waals surface area contributed by atoms with Crippen LogP contribution in [0.3, 0.4) is 0 Å². The molecule has 0 atom stereocenters. The second-order valence-electron chi connectivity index (χ2n) is 8.20. The summed E-state index contributed by atoms with van der Waals surface area (Å²) in [6.07, 6.45) is 23.1. The number of hydrogen-bond donors (Lipinski definition) is 1. The molecule has 0 fully saturated rings. The number of aliphatic hydroxyl groups is 1. The van der Waals surface area contributed by atoms with Crippen LogP contribution in [0.5, 0.6) is 0 Å². The van der Waals surface area contributed by atoms with Crippen LogP contribution in [0.25, 0.3) is 0 Å². The first kappa shape index (κ1) is 30.9. The van der Waals surface area contributed by atoms with Crippen LogP contribution in [0.15, 0.2) is 0 Å². The van der Waals surface area contributed by atoms with Crippen molar-refractivity contribution < 1.29 is 5.11 Å². The Labute approximate surface area is 172 Å². The van der Waals surface area contributed by atoms with Crippen molar-refractivity contribution in [1.29, 1.82) is 0 Å². The Balaban J connectivity index is -0.000000951. The van der Waals surface area contributed by atoms with Crippen molar-refractivity contribution in [3.05, 3.63) is 0 Å². The summed E-state index contributed by atoms with van der Waals surface area (Å²) in [5, 5.41) is 8.06. The minimum absolute atomic E-state index is 0. The smallest absolute Gasteiger partial charge is 0.0483 e. The van der Waals surface area contributed by atoms with Crippen LogP contribution < -0.4 is 0 Å². The molecule has 162 valence electrons. The molecular formula is C23H52ClNO. The van der Waals surface area contributed by atoms with E-state index in [1.807, 2.05) is 0 Å². The van der Waals surface area contributed by atoms with Gasteiger partial charge in [0, 0.05) is 6.10 Å². The number of aliphatic hydroxyl groups excluding tert-OH is 1.